The summed E-state index contributed by atoms with van der Waals surface area (Å²) in [6, 6.07) is 19.7. The lowest BCUT2D eigenvalue weighted by Crippen LogP contribution is -2.15. The molecule has 0 bridgehead atoms. The molecule has 4 aromatic rings. The van der Waals surface area contributed by atoms with Gasteiger partial charge in [-0.2, -0.15) is 0 Å². The molecule has 0 atom stereocenters. The van der Waals surface area contributed by atoms with E-state index in [0.717, 1.165) is 11.1 Å². The zero-order valence-corrected chi connectivity index (χ0v) is 23.7. The van der Waals surface area contributed by atoms with Gasteiger partial charge in [-0.3, -0.25) is 19.1 Å². The van der Waals surface area contributed by atoms with E-state index >= 15 is 0 Å². The average Bonchev–Trinajstić information content (AvgIpc) is 2.89. The van der Waals surface area contributed by atoms with Crippen LogP contribution in [0.1, 0.15) is 30.5 Å². The average molecular weight is 573 g/mol. The van der Waals surface area contributed by atoms with Gasteiger partial charge in [0.1, 0.15) is 11.5 Å². The molecule has 0 saturated carbocycles. The minimum atomic E-state index is -3.94. The molecule has 4 rings (SSSR count). The molecule has 0 saturated heterocycles. The lowest BCUT2D eigenvalue weighted by atomic mass is 10.1. The summed E-state index contributed by atoms with van der Waals surface area (Å²) in [6.07, 6.45) is 2.72. The molecule has 0 unspecified atom stereocenters. The Labute approximate surface area is 237 Å². The summed E-state index contributed by atoms with van der Waals surface area (Å²) in [7, 11) is -3.94. The van der Waals surface area contributed by atoms with Crippen molar-refractivity contribution in [2.45, 2.75) is 32.6 Å². The zero-order chi connectivity index (χ0) is 29.7. The third-order valence-corrected chi connectivity index (χ3v) is 7.55. The predicted molar refractivity (Wildman–Crippen MR) is 157 cm³/mol. The third-order valence-electron chi connectivity index (χ3n) is 6.13. The molecule has 41 heavy (non-hydrogen) atoms. The number of aryl methyl sites for hydroxylation is 1. The second-order valence-electron chi connectivity index (χ2n) is 9.26. The summed E-state index contributed by atoms with van der Waals surface area (Å²) in [6.45, 7) is 6.23. The summed E-state index contributed by atoms with van der Waals surface area (Å²) in [5, 5.41) is 3.75. The molecule has 0 aromatic heterocycles. The van der Waals surface area contributed by atoms with Crippen LogP contribution in [-0.4, -0.2) is 26.3 Å². The van der Waals surface area contributed by atoms with Crippen molar-refractivity contribution >= 4 is 56.1 Å². The molecule has 0 aliphatic heterocycles. The van der Waals surface area contributed by atoms with Gasteiger partial charge in [-0.25, -0.2) is 8.42 Å². The highest BCUT2D eigenvalue weighted by Gasteiger charge is 2.20. The monoisotopic (exact) mass is 572 g/mol. The lowest BCUT2D eigenvalue weighted by molar-refractivity contribution is -0.132. The minimum absolute atomic E-state index is 0.0721. The summed E-state index contributed by atoms with van der Waals surface area (Å²) < 4.78 is 39.6. The van der Waals surface area contributed by atoms with Gasteiger partial charge in [-0.15, -0.1) is 0 Å². The summed E-state index contributed by atoms with van der Waals surface area (Å²) in [5.41, 5.74) is 3.14. The molecule has 0 spiro atoms. The number of ether oxygens (including phenoxy) is 2. The van der Waals surface area contributed by atoms with Crippen LogP contribution in [0.5, 0.6) is 11.5 Å². The maximum atomic E-state index is 13.4. The molecule has 4 aromatic carbocycles. The number of fused-ring (bicyclic) bond motifs is 1. The first-order chi connectivity index (χ1) is 19.4. The predicted octanol–water partition coefficient (Wildman–Crippen LogP) is 5.76. The van der Waals surface area contributed by atoms with Gasteiger partial charge in [-0.05, 0) is 66.9 Å². The molecule has 1 amide bonds. The number of anilines is 2. The molecule has 0 heterocycles. The Balaban J connectivity index is 1.61. The summed E-state index contributed by atoms with van der Waals surface area (Å²) in [4.78, 5) is 35.7. The van der Waals surface area contributed by atoms with Crippen LogP contribution in [0.3, 0.4) is 0 Å². The highest BCUT2D eigenvalue weighted by atomic mass is 32.2. The quantitative estimate of drug-likeness (QED) is 0.156. The number of esters is 2. The second-order valence-corrected chi connectivity index (χ2v) is 10.9. The van der Waals surface area contributed by atoms with E-state index in [4.69, 9.17) is 9.47 Å². The Morgan fingerprint density at radius 3 is 2.00 bits per heavy atom. The maximum absolute atomic E-state index is 13.4. The molecule has 10 heteroatoms. The van der Waals surface area contributed by atoms with Crippen molar-refractivity contribution in [2.75, 3.05) is 10.0 Å². The number of hydrogen-bond acceptors (Lipinski definition) is 7. The Morgan fingerprint density at radius 2 is 1.34 bits per heavy atom. The lowest BCUT2D eigenvalue weighted by Gasteiger charge is -2.15. The third kappa shape index (κ3) is 7.17. The van der Waals surface area contributed by atoms with Crippen LogP contribution in [0.15, 0.2) is 83.8 Å². The number of carbonyl (C=O) groups excluding carboxylic acids is 3. The first-order valence-electron chi connectivity index (χ1n) is 12.5. The smallest absolute Gasteiger partial charge is 0.308 e. The topological polar surface area (TPSA) is 128 Å². The second kappa shape index (κ2) is 12.1. The molecule has 9 nitrogen and oxygen atoms in total. The van der Waals surface area contributed by atoms with Crippen LogP contribution in [0.4, 0.5) is 11.4 Å². The molecular formula is C31H28N2O7S. The number of benzene rings is 4. The van der Waals surface area contributed by atoms with Crippen LogP contribution in [-0.2, 0) is 24.4 Å². The fourth-order valence-electron chi connectivity index (χ4n) is 4.17. The molecule has 0 fully saturated rings. The van der Waals surface area contributed by atoms with Crippen molar-refractivity contribution in [1.29, 1.82) is 0 Å². The summed E-state index contributed by atoms with van der Waals surface area (Å²) in [5.74, 6) is -1.31. The molecule has 0 aliphatic rings. The van der Waals surface area contributed by atoms with Gasteiger partial charge >= 0.3 is 11.9 Å². The maximum Gasteiger partial charge on any atom is 0.308 e. The van der Waals surface area contributed by atoms with Crippen molar-refractivity contribution in [2.24, 2.45) is 0 Å². The van der Waals surface area contributed by atoms with Gasteiger partial charge in [-0.1, -0.05) is 36.4 Å². The van der Waals surface area contributed by atoms with Crippen LogP contribution < -0.4 is 19.5 Å². The van der Waals surface area contributed by atoms with Crippen molar-refractivity contribution in [3.63, 3.8) is 0 Å². The van der Waals surface area contributed by atoms with Crippen molar-refractivity contribution in [3.8, 4) is 11.5 Å². The largest absolute Gasteiger partial charge is 0.427 e. The van der Waals surface area contributed by atoms with Crippen LogP contribution in [0.2, 0.25) is 0 Å². The first-order valence-corrected chi connectivity index (χ1v) is 14.0. The zero-order valence-electron chi connectivity index (χ0n) is 22.8. The van der Waals surface area contributed by atoms with Gasteiger partial charge in [0, 0.05) is 42.4 Å². The Hall–Kier alpha value is -4.96. The van der Waals surface area contributed by atoms with E-state index in [1.807, 2.05) is 19.9 Å². The molecule has 0 radical (unpaired) electrons. The van der Waals surface area contributed by atoms with Crippen LogP contribution in [0, 0.1) is 13.8 Å². The molecule has 2 N–H and O–H groups in total. The first kappa shape index (κ1) is 29.0. The summed E-state index contributed by atoms with van der Waals surface area (Å²) >= 11 is 0. The van der Waals surface area contributed by atoms with Crippen molar-refractivity contribution in [3.05, 3.63) is 95.6 Å². The van der Waals surface area contributed by atoms with Crippen LogP contribution in [0.25, 0.3) is 16.8 Å². The standard InChI is InChI=1S/C31H28N2O7S/c1-19-8-5-11-28(20(19)2)33-41(37,38)30-13-7-9-26-27(30)10-6-12-29(26)32-31(36)15-14-23-16-24(39-21(3)34)18-25(17-23)40-22(4)35/h5-18,33H,1-4H3,(H,32,36)/b15-14+. The van der Waals surface area contributed by atoms with E-state index in [2.05, 4.69) is 10.0 Å². The van der Waals surface area contributed by atoms with Gasteiger partial charge in [0.2, 0.25) is 5.91 Å². The number of carbonyl (C=O) groups is 3. The number of nitrogens with one attached hydrogen (secondary N) is 2. The molecular weight excluding hydrogens is 544 g/mol. The van der Waals surface area contributed by atoms with Gasteiger partial charge in [0.05, 0.1) is 10.6 Å². The normalized spacial score (nSPS) is 11.3. The van der Waals surface area contributed by atoms with E-state index in [0.29, 0.717) is 27.7 Å². The highest BCUT2D eigenvalue weighted by molar-refractivity contribution is 7.93. The van der Waals surface area contributed by atoms with Crippen molar-refractivity contribution in [1.82, 2.24) is 0 Å². The van der Waals surface area contributed by atoms with E-state index in [1.165, 1.54) is 50.3 Å². The fourth-order valence-corrected chi connectivity index (χ4v) is 5.52. The van der Waals surface area contributed by atoms with Gasteiger partial charge in [0.25, 0.3) is 10.0 Å². The fraction of sp³-hybridized carbons (Fsp3) is 0.129. The number of sulfonamides is 1. The van der Waals surface area contributed by atoms with Crippen molar-refractivity contribution < 1.29 is 32.3 Å². The van der Waals surface area contributed by atoms with E-state index < -0.39 is 27.9 Å². The number of rotatable bonds is 8. The van der Waals surface area contributed by atoms with E-state index in [-0.39, 0.29) is 16.4 Å². The minimum Gasteiger partial charge on any atom is -0.427 e. The van der Waals surface area contributed by atoms with Gasteiger partial charge in [0.15, 0.2) is 0 Å². The van der Waals surface area contributed by atoms with E-state index in [1.54, 1.807) is 42.5 Å². The number of hydrogen-bond donors (Lipinski definition) is 2. The van der Waals surface area contributed by atoms with Crippen LogP contribution >= 0.6 is 0 Å². The SMILES string of the molecule is CC(=O)Oc1cc(/C=C/C(=O)Nc2cccc3c(S(=O)(=O)Nc4cccc(C)c4C)cccc23)cc(OC(C)=O)c1. The van der Waals surface area contributed by atoms with E-state index in [9.17, 15) is 22.8 Å². The molecule has 210 valence electrons. The van der Waals surface area contributed by atoms with Gasteiger partial charge < -0.3 is 14.8 Å². The Morgan fingerprint density at radius 1 is 0.756 bits per heavy atom. The Bertz CT molecular complexity index is 1780. The highest BCUT2D eigenvalue weighted by Crippen LogP contribution is 2.31. The number of amides is 1. The molecule has 0 aliphatic carbocycles. The Kier molecular flexibility index (Phi) is 8.53.